The molecule has 4 nitrogen and oxygen atoms in total. The Hall–Kier alpha value is -0.130. The summed E-state index contributed by atoms with van der Waals surface area (Å²) in [6.45, 7) is 0. The molecule has 0 spiro atoms. The summed E-state index contributed by atoms with van der Waals surface area (Å²) in [6.07, 6.45) is 3.02. The van der Waals surface area contributed by atoms with E-state index in [4.69, 9.17) is 4.18 Å². The second-order valence-electron chi connectivity index (χ2n) is 3.19. The van der Waals surface area contributed by atoms with Crippen molar-refractivity contribution in [2.24, 2.45) is 0 Å². The summed E-state index contributed by atoms with van der Waals surface area (Å²) in [4.78, 5) is 0. The first kappa shape index (κ1) is 9.95. The lowest BCUT2D eigenvalue weighted by molar-refractivity contribution is 0.0110. The van der Waals surface area contributed by atoms with Gasteiger partial charge in [-0.1, -0.05) is 12.8 Å². The molecule has 1 aliphatic rings. The van der Waals surface area contributed by atoms with Gasteiger partial charge in [0.25, 0.3) is 10.1 Å². The van der Waals surface area contributed by atoms with Crippen LogP contribution in [0.5, 0.6) is 0 Å². The van der Waals surface area contributed by atoms with Crippen molar-refractivity contribution in [3.05, 3.63) is 0 Å². The lowest BCUT2D eigenvalue weighted by Crippen LogP contribution is -2.33. The van der Waals surface area contributed by atoms with Gasteiger partial charge in [0.2, 0.25) is 0 Å². The van der Waals surface area contributed by atoms with Crippen molar-refractivity contribution in [1.82, 2.24) is 0 Å². The zero-order valence-corrected chi connectivity index (χ0v) is 7.88. The number of aliphatic hydroxyl groups is 1. The van der Waals surface area contributed by atoms with Crippen LogP contribution in [0.15, 0.2) is 0 Å². The van der Waals surface area contributed by atoms with Gasteiger partial charge in [0, 0.05) is 0 Å². The maximum Gasteiger partial charge on any atom is 0.264 e. The third-order valence-electron chi connectivity index (χ3n) is 1.97. The molecule has 2 atom stereocenters. The first-order valence-corrected chi connectivity index (χ1v) is 5.87. The Morgan fingerprint density at radius 1 is 1.33 bits per heavy atom. The summed E-state index contributed by atoms with van der Waals surface area (Å²) in [5.41, 5.74) is 0. The zero-order chi connectivity index (χ0) is 9.19. The average molecular weight is 194 g/mol. The van der Waals surface area contributed by atoms with E-state index in [0.717, 1.165) is 19.1 Å². The topological polar surface area (TPSA) is 63.6 Å². The molecule has 0 bridgehead atoms. The molecular weight excluding hydrogens is 180 g/mol. The van der Waals surface area contributed by atoms with Crippen LogP contribution in [-0.2, 0) is 14.3 Å². The van der Waals surface area contributed by atoms with Crippen LogP contribution in [0.3, 0.4) is 0 Å². The molecule has 1 N–H and O–H groups in total. The molecule has 0 radical (unpaired) electrons. The van der Waals surface area contributed by atoms with Crippen molar-refractivity contribution in [3.63, 3.8) is 0 Å². The SMILES string of the molecule is CS(=O)(=O)OC1CCCCC1O. The van der Waals surface area contributed by atoms with E-state index < -0.39 is 22.3 Å². The van der Waals surface area contributed by atoms with Crippen LogP contribution in [0.25, 0.3) is 0 Å². The molecule has 0 aromatic carbocycles. The minimum absolute atomic E-state index is 0.520. The molecular formula is C7H14O4S. The van der Waals surface area contributed by atoms with Crippen LogP contribution in [0, 0.1) is 0 Å². The maximum atomic E-state index is 10.7. The predicted octanol–water partition coefficient (Wildman–Crippen LogP) is 0.266. The highest BCUT2D eigenvalue weighted by atomic mass is 32.2. The highest BCUT2D eigenvalue weighted by Crippen LogP contribution is 2.22. The fourth-order valence-electron chi connectivity index (χ4n) is 1.41. The quantitative estimate of drug-likeness (QED) is 0.641. The Morgan fingerprint density at radius 3 is 2.42 bits per heavy atom. The summed E-state index contributed by atoms with van der Waals surface area (Å²) in [5.74, 6) is 0. The average Bonchev–Trinajstić information content (AvgIpc) is 1.91. The first-order chi connectivity index (χ1) is 5.49. The largest absolute Gasteiger partial charge is 0.390 e. The number of rotatable bonds is 2. The number of hydrogen-bond acceptors (Lipinski definition) is 4. The smallest absolute Gasteiger partial charge is 0.264 e. The zero-order valence-electron chi connectivity index (χ0n) is 7.06. The Morgan fingerprint density at radius 2 is 1.92 bits per heavy atom. The van der Waals surface area contributed by atoms with Crippen molar-refractivity contribution in [3.8, 4) is 0 Å². The Kier molecular flexibility index (Phi) is 3.09. The van der Waals surface area contributed by atoms with Crippen LogP contribution in [0.1, 0.15) is 25.7 Å². The summed E-state index contributed by atoms with van der Waals surface area (Å²) < 4.78 is 26.1. The third kappa shape index (κ3) is 3.08. The second kappa shape index (κ2) is 3.72. The molecule has 1 rings (SSSR count). The van der Waals surface area contributed by atoms with Crippen LogP contribution in [-0.4, -0.2) is 32.0 Å². The van der Waals surface area contributed by atoms with E-state index >= 15 is 0 Å². The molecule has 0 aromatic heterocycles. The highest BCUT2D eigenvalue weighted by molar-refractivity contribution is 7.86. The Bertz CT molecular complexity index is 234. The van der Waals surface area contributed by atoms with Gasteiger partial charge in [-0.2, -0.15) is 8.42 Å². The molecule has 0 aromatic rings. The molecule has 0 aliphatic heterocycles. The van der Waals surface area contributed by atoms with Gasteiger partial charge in [-0.3, -0.25) is 4.18 Å². The normalized spacial score (nSPS) is 31.8. The van der Waals surface area contributed by atoms with Crippen LogP contribution >= 0.6 is 0 Å². The summed E-state index contributed by atoms with van der Waals surface area (Å²) >= 11 is 0. The third-order valence-corrected chi connectivity index (χ3v) is 2.56. The maximum absolute atomic E-state index is 10.7. The molecule has 1 aliphatic carbocycles. The standard InChI is InChI=1S/C7H14O4S/c1-12(9,10)11-7-5-3-2-4-6(7)8/h6-8H,2-5H2,1H3. The summed E-state index contributed by atoms with van der Waals surface area (Å²) in [5, 5.41) is 9.34. The van der Waals surface area contributed by atoms with E-state index in [-0.39, 0.29) is 0 Å². The molecule has 1 fully saturated rings. The minimum atomic E-state index is -3.42. The first-order valence-electron chi connectivity index (χ1n) is 4.05. The summed E-state index contributed by atoms with van der Waals surface area (Å²) in [7, 11) is -3.42. The van der Waals surface area contributed by atoms with Gasteiger partial charge in [-0.05, 0) is 12.8 Å². The van der Waals surface area contributed by atoms with Gasteiger partial charge < -0.3 is 5.11 Å². The predicted molar refractivity (Wildman–Crippen MR) is 44.2 cm³/mol. The lowest BCUT2D eigenvalue weighted by atomic mass is 9.95. The monoisotopic (exact) mass is 194 g/mol. The number of aliphatic hydroxyl groups excluding tert-OH is 1. The fourth-order valence-corrected chi connectivity index (χ4v) is 2.09. The molecule has 5 heteroatoms. The van der Waals surface area contributed by atoms with E-state index in [0.29, 0.717) is 12.8 Å². The van der Waals surface area contributed by atoms with Crippen LogP contribution < -0.4 is 0 Å². The van der Waals surface area contributed by atoms with E-state index in [2.05, 4.69) is 0 Å². The van der Waals surface area contributed by atoms with E-state index in [1.807, 2.05) is 0 Å². The molecule has 1 saturated carbocycles. The Balaban J connectivity index is 2.50. The van der Waals surface area contributed by atoms with Crippen LogP contribution in [0.4, 0.5) is 0 Å². The molecule has 0 heterocycles. The van der Waals surface area contributed by atoms with E-state index in [9.17, 15) is 13.5 Å². The van der Waals surface area contributed by atoms with Crippen molar-refractivity contribution < 1.29 is 17.7 Å². The minimum Gasteiger partial charge on any atom is -0.390 e. The van der Waals surface area contributed by atoms with Crippen molar-refractivity contribution in [2.45, 2.75) is 37.9 Å². The molecule has 0 amide bonds. The second-order valence-corrected chi connectivity index (χ2v) is 4.79. The van der Waals surface area contributed by atoms with Gasteiger partial charge in [0.15, 0.2) is 0 Å². The highest BCUT2D eigenvalue weighted by Gasteiger charge is 2.26. The van der Waals surface area contributed by atoms with Crippen LogP contribution in [0.2, 0.25) is 0 Å². The molecule has 12 heavy (non-hydrogen) atoms. The lowest BCUT2D eigenvalue weighted by Gasteiger charge is -2.26. The van der Waals surface area contributed by atoms with E-state index in [1.165, 1.54) is 0 Å². The summed E-state index contributed by atoms with van der Waals surface area (Å²) in [6, 6.07) is 0. The van der Waals surface area contributed by atoms with Crippen molar-refractivity contribution in [1.29, 1.82) is 0 Å². The number of hydrogen-bond donors (Lipinski definition) is 1. The fraction of sp³-hybridized carbons (Fsp3) is 1.00. The Labute approximate surface area is 72.7 Å². The van der Waals surface area contributed by atoms with Gasteiger partial charge in [0.05, 0.1) is 12.4 Å². The molecule has 2 unspecified atom stereocenters. The van der Waals surface area contributed by atoms with Crippen molar-refractivity contribution in [2.75, 3.05) is 6.26 Å². The molecule has 0 saturated heterocycles. The van der Waals surface area contributed by atoms with E-state index in [1.54, 1.807) is 0 Å². The van der Waals surface area contributed by atoms with Gasteiger partial charge in [0.1, 0.15) is 6.10 Å². The van der Waals surface area contributed by atoms with Gasteiger partial charge in [-0.15, -0.1) is 0 Å². The van der Waals surface area contributed by atoms with Crippen molar-refractivity contribution >= 4 is 10.1 Å². The van der Waals surface area contributed by atoms with Gasteiger partial charge >= 0.3 is 0 Å². The van der Waals surface area contributed by atoms with Gasteiger partial charge in [-0.25, -0.2) is 0 Å². The molecule has 72 valence electrons.